The Morgan fingerprint density at radius 1 is 0.756 bits per heavy atom. The first-order valence-corrected chi connectivity index (χ1v) is 15.0. The van der Waals surface area contributed by atoms with Gasteiger partial charge in [-0.15, -0.1) is 10.2 Å². The van der Waals surface area contributed by atoms with Gasteiger partial charge in [0.05, 0.1) is 49.0 Å². The summed E-state index contributed by atoms with van der Waals surface area (Å²) in [7, 11) is 0. The van der Waals surface area contributed by atoms with Crippen LogP contribution in [0.1, 0.15) is 35.3 Å². The third-order valence-corrected chi connectivity index (χ3v) is 7.50. The van der Waals surface area contributed by atoms with Gasteiger partial charge < -0.3 is 15.4 Å². The van der Waals surface area contributed by atoms with Crippen molar-refractivity contribution in [1.82, 2.24) is 40.6 Å². The average Bonchev–Trinajstić information content (AvgIpc) is 3.91. The Hall–Kier alpha value is -5.65. The molecule has 0 saturated heterocycles. The Morgan fingerprint density at radius 3 is 1.82 bits per heavy atom. The van der Waals surface area contributed by atoms with Gasteiger partial charge in [0, 0.05) is 35.3 Å². The maximum Gasteiger partial charge on any atom is 0.338 e. The number of esters is 1. The van der Waals surface area contributed by atoms with E-state index in [2.05, 4.69) is 41.2 Å². The maximum atomic E-state index is 13.4. The highest BCUT2D eigenvalue weighted by Crippen LogP contribution is 2.29. The molecule has 2 N–H and O–H groups in total. The van der Waals surface area contributed by atoms with Gasteiger partial charge in [0.15, 0.2) is 0 Å². The van der Waals surface area contributed by atoms with Crippen molar-refractivity contribution in [2.45, 2.75) is 13.8 Å². The van der Waals surface area contributed by atoms with Crippen molar-refractivity contribution in [2.24, 2.45) is 15.9 Å². The molecule has 3 aromatic carbocycles. The first kappa shape index (κ1) is 28.1. The van der Waals surface area contributed by atoms with Crippen molar-refractivity contribution in [1.29, 1.82) is 0 Å². The van der Waals surface area contributed by atoms with Gasteiger partial charge in [-0.2, -0.15) is 0 Å². The van der Waals surface area contributed by atoms with Gasteiger partial charge >= 0.3 is 5.97 Å². The summed E-state index contributed by atoms with van der Waals surface area (Å²) in [4.78, 5) is 22.3. The van der Waals surface area contributed by atoms with Crippen LogP contribution in [0.3, 0.4) is 0 Å². The van der Waals surface area contributed by atoms with Crippen LogP contribution >= 0.6 is 0 Å². The lowest BCUT2D eigenvalue weighted by Gasteiger charge is -2.11. The van der Waals surface area contributed by atoms with Crippen LogP contribution in [-0.4, -0.2) is 80.4 Å². The first-order valence-electron chi connectivity index (χ1n) is 15.0. The van der Waals surface area contributed by atoms with E-state index in [1.165, 1.54) is 0 Å². The van der Waals surface area contributed by atoms with E-state index < -0.39 is 5.97 Å². The molecule has 0 radical (unpaired) electrons. The van der Waals surface area contributed by atoms with E-state index in [1.807, 2.05) is 80.7 Å². The molecule has 0 fully saturated rings. The molecule has 0 spiro atoms. The van der Waals surface area contributed by atoms with E-state index in [0.29, 0.717) is 29.1 Å². The molecule has 0 unspecified atom stereocenters. The zero-order chi connectivity index (χ0) is 30.8. The van der Waals surface area contributed by atoms with Gasteiger partial charge in [-0.1, -0.05) is 36.4 Å². The van der Waals surface area contributed by atoms with Crippen molar-refractivity contribution in [3.63, 3.8) is 0 Å². The summed E-state index contributed by atoms with van der Waals surface area (Å²) in [5.74, 6) is 1.56. The molecule has 7 rings (SSSR count). The minimum absolute atomic E-state index is 0.192. The highest BCUT2D eigenvalue weighted by atomic mass is 16.5. The summed E-state index contributed by atoms with van der Waals surface area (Å²) in [6.45, 7) is 7.58. The molecule has 2 aliphatic rings. The molecule has 226 valence electrons. The second-order valence-corrected chi connectivity index (χ2v) is 11.3. The van der Waals surface area contributed by atoms with E-state index in [0.717, 1.165) is 65.9 Å². The molecule has 0 aliphatic carbocycles. The summed E-state index contributed by atoms with van der Waals surface area (Å²) in [6, 6.07) is 21.4. The van der Waals surface area contributed by atoms with Crippen molar-refractivity contribution in [2.75, 3.05) is 32.8 Å². The quantitative estimate of drug-likeness (QED) is 0.245. The third-order valence-electron chi connectivity index (χ3n) is 7.50. The third kappa shape index (κ3) is 5.94. The second-order valence-electron chi connectivity index (χ2n) is 11.3. The zero-order valence-electron chi connectivity index (χ0n) is 25.0. The SMILES string of the molecule is CC(C)COC(=O)c1cc(-c2cn(-c3ccc(C4=NCCN4)cc3)nn2)ccc1-c1cn(-c2ccc(C3=NCCN3)cc2)nn1. The van der Waals surface area contributed by atoms with Crippen LogP contribution < -0.4 is 10.6 Å². The van der Waals surface area contributed by atoms with Gasteiger partial charge in [0.2, 0.25) is 0 Å². The van der Waals surface area contributed by atoms with Crippen LogP contribution in [0.2, 0.25) is 0 Å². The number of nitrogens with one attached hydrogen (secondary N) is 2. The Kier molecular flexibility index (Phi) is 7.60. The largest absolute Gasteiger partial charge is 0.462 e. The van der Waals surface area contributed by atoms with Gasteiger partial charge in [0.1, 0.15) is 23.1 Å². The smallest absolute Gasteiger partial charge is 0.338 e. The van der Waals surface area contributed by atoms with Gasteiger partial charge in [-0.05, 0) is 60.5 Å². The van der Waals surface area contributed by atoms with Crippen LogP contribution in [0.5, 0.6) is 0 Å². The molecule has 0 bridgehead atoms. The number of carbonyl (C=O) groups is 1. The van der Waals surface area contributed by atoms with Crippen molar-refractivity contribution in [3.05, 3.63) is 95.8 Å². The molecule has 45 heavy (non-hydrogen) atoms. The van der Waals surface area contributed by atoms with E-state index in [4.69, 9.17) is 4.74 Å². The monoisotopic (exact) mass is 600 g/mol. The number of aromatic nitrogens is 6. The summed E-state index contributed by atoms with van der Waals surface area (Å²) in [6.07, 6.45) is 3.65. The van der Waals surface area contributed by atoms with Crippen LogP contribution in [0.4, 0.5) is 0 Å². The number of hydrogen-bond acceptors (Lipinski definition) is 10. The molecule has 0 amide bonds. The van der Waals surface area contributed by atoms with Crippen molar-refractivity contribution >= 4 is 17.6 Å². The number of ether oxygens (including phenoxy) is 1. The summed E-state index contributed by atoms with van der Waals surface area (Å²) < 4.78 is 9.05. The molecule has 5 aromatic rings. The first-order chi connectivity index (χ1) is 22.0. The topological polar surface area (TPSA) is 136 Å². The fourth-order valence-corrected chi connectivity index (χ4v) is 5.18. The van der Waals surface area contributed by atoms with Crippen LogP contribution in [-0.2, 0) is 4.74 Å². The Morgan fingerprint density at radius 2 is 1.29 bits per heavy atom. The van der Waals surface area contributed by atoms with E-state index in [1.54, 1.807) is 21.6 Å². The number of nitrogens with zero attached hydrogens (tertiary/aromatic N) is 8. The molecule has 2 aliphatic heterocycles. The van der Waals surface area contributed by atoms with Gasteiger partial charge in [-0.25, -0.2) is 14.2 Å². The van der Waals surface area contributed by atoms with E-state index in [9.17, 15) is 4.79 Å². The Balaban J connectivity index is 1.17. The summed E-state index contributed by atoms with van der Waals surface area (Å²) in [5.41, 5.74) is 6.65. The maximum absolute atomic E-state index is 13.4. The molecule has 4 heterocycles. The standard InChI is InChI=1S/C33H32N10O2/c1-21(2)20-45-33(44)28-17-24(29-18-42(40-38-29)25-8-3-22(4-9-25)31-34-13-14-35-31)7-12-27(28)30-19-43(41-39-30)26-10-5-23(6-11-26)32-36-15-16-37-32/h3-12,17-19,21H,13-16,20H2,1-2H3,(H,34,35)(H,36,37). The molecule has 0 atom stereocenters. The number of aliphatic imine (C=N–C) groups is 2. The Labute approximate surface area is 259 Å². The van der Waals surface area contributed by atoms with Crippen LogP contribution in [0.25, 0.3) is 33.9 Å². The molecule has 0 saturated carbocycles. The van der Waals surface area contributed by atoms with Gasteiger partial charge in [-0.3, -0.25) is 9.98 Å². The second kappa shape index (κ2) is 12.2. The van der Waals surface area contributed by atoms with Crippen LogP contribution in [0.15, 0.2) is 89.1 Å². The molecular weight excluding hydrogens is 568 g/mol. The highest BCUT2D eigenvalue weighted by molar-refractivity contribution is 6.00. The van der Waals surface area contributed by atoms with E-state index in [-0.39, 0.29) is 5.92 Å². The minimum atomic E-state index is -0.435. The van der Waals surface area contributed by atoms with Gasteiger partial charge in [0.25, 0.3) is 0 Å². The van der Waals surface area contributed by atoms with Crippen molar-refractivity contribution in [3.8, 4) is 33.9 Å². The lowest BCUT2D eigenvalue weighted by atomic mass is 10.0. The molecular formula is C33H32N10O2. The highest BCUT2D eigenvalue weighted by Gasteiger charge is 2.20. The number of hydrogen-bond donors (Lipinski definition) is 2. The lowest BCUT2D eigenvalue weighted by Crippen LogP contribution is -2.19. The Bertz CT molecular complexity index is 1900. The zero-order valence-corrected chi connectivity index (χ0v) is 25.0. The summed E-state index contributed by atoms with van der Waals surface area (Å²) in [5, 5.41) is 24.1. The number of benzene rings is 3. The molecule has 12 heteroatoms. The molecule has 12 nitrogen and oxygen atoms in total. The lowest BCUT2D eigenvalue weighted by molar-refractivity contribution is 0.0460. The predicted octanol–water partition coefficient (Wildman–Crippen LogP) is 3.69. The fraction of sp³-hybridized carbons (Fsp3) is 0.242. The van der Waals surface area contributed by atoms with E-state index >= 15 is 0 Å². The number of rotatable bonds is 9. The fourth-order valence-electron chi connectivity index (χ4n) is 5.18. The minimum Gasteiger partial charge on any atom is -0.462 e. The van der Waals surface area contributed by atoms with Crippen LogP contribution in [0, 0.1) is 5.92 Å². The normalized spacial score (nSPS) is 14.2. The summed E-state index contributed by atoms with van der Waals surface area (Å²) >= 11 is 0. The predicted molar refractivity (Wildman–Crippen MR) is 171 cm³/mol. The molecule has 2 aromatic heterocycles. The average molecular weight is 601 g/mol. The number of carbonyl (C=O) groups excluding carboxylic acids is 1. The number of amidine groups is 2. The van der Waals surface area contributed by atoms with Crippen molar-refractivity contribution < 1.29 is 9.53 Å².